The van der Waals surface area contributed by atoms with Gasteiger partial charge in [0.1, 0.15) is 47.2 Å². The first-order valence-corrected chi connectivity index (χ1v) is 11.5. The van der Waals surface area contributed by atoms with Crippen molar-refractivity contribution in [2.45, 2.75) is 6.36 Å². The van der Waals surface area contributed by atoms with E-state index in [0.717, 1.165) is 12.1 Å². The van der Waals surface area contributed by atoms with Gasteiger partial charge in [0.15, 0.2) is 0 Å². The van der Waals surface area contributed by atoms with E-state index in [-0.39, 0.29) is 39.0 Å². The summed E-state index contributed by atoms with van der Waals surface area (Å²) < 4.78 is 42.9. The second-order valence-electron chi connectivity index (χ2n) is 8.70. The molecule has 2 aliphatic rings. The van der Waals surface area contributed by atoms with Crippen LogP contribution in [0.5, 0.6) is 5.75 Å². The summed E-state index contributed by atoms with van der Waals surface area (Å²) in [6.07, 6.45) is -5.00. The molecule has 0 radical (unpaired) electrons. The van der Waals surface area contributed by atoms with Gasteiger partial charge < -0.3 is 4.74 Å². The van der Waals surface area contributed by atoms with Crippen LogP contribution in [0.25, 0.3) is 33.4 Å². The van der Waals surface area contributed by atoms with E-state index in [4.69, 9.17) is 0 Å². The Kier molecular flexibility index (Phi) is 6.11. The maximum absolute atomic E-state index is 12.9. The van der Waals surface area contributed by atoms with Gasteiger partial charge in [0.05, 0.1) is 17.2 Å². The number of fused-ring (bicyclic) bond motifs is 4. The second kappa shape index (κ2) is 9.62. The monoisotopic (exact) mass is 538 g/mol. The summed E-state index contributed by atoms with van der Waals surface area (Å²) in [6.45, 7) is 0. The number of benzene rings is 3. The molecule has 0 aromatic heterocycles. The van der Waals surface area contributed by atoms with Crippen LogP contribution in [0.15, 0.2) is 65.7 Å². The largest absolute Gasteiger partial charge is 0.573 e. The van der Waals surface area contributed by atoms with E-state index in [1.165, 1.54) is 6.07 Å². The second-order valence-corrected chi connectivity index (χ2v) is 8.70. The lowest BCUT2D eigenvalue weighted by Gasteiger charge is -2.12. The number of nitriles is 6. The van der Waals surface area contributed by atoms with Crippen LogP contribution in [0.2, 0.25) is 0 Å². The Morgan fingerprint density at radius 3 is 1.73 bits per heavy atom. The number of nitrogens with zero attached hydrogens (tertiary/aromatic N) is 6. The summed E-state index contributed by atoms with van der Waals surface area (Å²) in [6, 6.07) is 24.3. The van der Waals surface area contributed by atoms with Gasteiger partial charge in [-0.05, 0) is 69.8 Å². The van der Waals surface area contributed by atoms with Crippen molar-refractivity contribution in [2.75, 3.05) is 0 Å². The Balaban J connectivity index is 1.80. The van der Waals surface area contributed by atoms with Crippen molar-refractivity contribution in [3.05, 3.63) is 99.1 Å². The SMILES string of the molecule is N#CC(C#N)=C1C(c2ccc3c(c2)C(=C(C#N)C#N)c2cc(C#N)ccc2-3)=C(C#N)c2ccc(OC(F)(F)F)cc21. The first-order valence-electron chi connectivity index (χ1n) is 11.5. The van der Waals surface area contributed by atoms with Crippen molar-refractivity contribution in [1.82, 2.24) is 0 Å². The maximum Gasteiger partial charge on any atom is 0.573 e. The molecular weight excluding hydrogens is 529 g/mol. The molecule has 3 aromatic rings. The molecule has 3 aromatic carbocycles. The molecule has 5 rings (SSSR count). The summed E-state index contributed by atoms with van der Waals surface area (Å²) >= 11 is 0. The van der Waals surface area contributed by atoms with Crippen molar-refractivity contribution in [3.63, 3.8) is 0 Å². The summed E-state index contributed by atoms with van der Waals surface area (Å²) in [5.74, 6) is -0.599. The summed E-state index contributed by atoms with van der Waals surface area (Å²) in [4.78, 5) is 0. The third-order valence-electron chi connectivity index (χ3n) is 6.61. The molecule has 41 heavy (non-hydrogen) atoms. The molecule has 7 nitrogen and oxygen atoms in total. The van der Waals surface area contributed by atoms with Gasteiger partial charge in [0, 0.05) is 22.3 Å². The van der Waals surface area contributed by atoms with Crippen molar-refractivity contribution in [1.29, 1.82) is 31.6 Å². The fourth-order valence-electron chi connectivity index (χ4n) is 5.09. The number of ether oxygens (including phenoxy) is 1. The molecule has 2 aliphatic carbocycles. The third-order valence-corrected chi connectivity index (χ3v) is 6.61. The van der Waals surface area contributed by atoms with E-state index in [0.29, 0.717) is 33.4 Å². The molecule has 0 bridgehead atoms. The van der Waals surface area contributed by atoms with Gasteiger partial charge >= 0.3 is 6.36 Å². The van der Waals surface area contributed by atoms with Crippen molar-refractivity contribution < 1.29 is 17.9 Å². The summed E-state index contributed by atoms with van der Waals surface area (Å²) in [5, 5.41) is 58.4. The number of hydrogen-bond acceptors (Lipinski definition) is 7. The van der Waals surface area contributed by atoms with Crippen LogP contribution >= 0.6 is 0 Å². The minimum absolute atomic E-state index is 0.00473. The quantitative estimate of drug-likeness (QED) is 0.263. The topological polar surface area (TPSA) is 152 Å². The highest BCUT2D eigenvalue weighted by atomic mass is 19.4. The predicted octanol–water partition coefficient (Wildman–Crippen LogP) is 6.54. The number of alkyl halides is 3. The third kappa shape index (κ3) is 4.12. The molecule has 190 valence electrons. The lowest BCUT2D eigenvalue weighted by molar-refractivity contribution is -0.274. The highest BCUT2D eigenvalue weighted by Crippen LogP contribution is 2.52. The highest BCUT2D eigenvalue weighted by molar-refractivity contribution is 6.26. The summed E-state index contributed by atoms with van der Waals surface area (Å²) in [5.41, 5.74) is 2.73. The molecule has 0 spiro atoms. The molecule has 0 N–H and O–H groups in total. The Bertz CT molecular complexity index is 2040. The zero-order valence-corrected chi connectivity index (χ0v) is 20.4. The highest BCUT2D eigenvalue weighted by Gasteiger charge is 2.35. The fourth-order valence-corrected chi connectivity index (χ4v) is 5.09. The zero-order chi connectivity index (χ0) is 29.5. The molecule has 0 atom stereocenters. The van der Waals surface area contributed by atoms with Crippen molar-refractivity contribution >= 4 is 22.3 Å². The Labute approximate surface area is 230 Å². The molecular formula is C31H9F3N6O. The minimum Gasteiger partial charge on any atom is -0.406 e. The van der Waals surface area contributed by atoms with Gasteiger partial charge in [-0.15, -0.1) is 13.2 Å². The van der Waals surface area contributed by atoms with Gasteiger partial charge in [-0.2, -0.15) is 31.6 Å². The van der Waals surface area contributed by atoms with E-state index in [1.807, 2.05) is 24.3 Å². The standard InChI is InChI=1S/C31H9F3N6O/c32-31(33,34)41-20-3-6-23-26(9-20)30(19(13-38)14-39)29(27(23)15-40)17-2-5-22-21-4-1-16(10-35)7-24(21)28(25(22)8-17)18(11-36)12-37/h1-9H. The Morgan fingerprint density at radius 1 is 0.585 bits per heavy atom. The van der Waals surface area contributed by atoms with E-state index < -0.39 is 17.7 Å². The normalized spacial score (nSPS) is 12.4. The van der Waals surface area contributed by atoms with Crippen LogP contribution in [0, 0.1) is 68.0 Å². The number of rotatable bonds is 2. The average Bonchev–Trinajstić information content (AvgIpc) is 3.45. The molecule has 0 unspecified atom stereocenters. The van der Waals surface area contributed by atoms with Crippen LogP contribution in [-0.2, 0) is 0 Å². The molecule has 0 saturated carbocycles. The van der Waals surface area contributed by atoms with Crippen LogP contribution in [0.1, 0.15) is 33.4 Å². The number of hydrogen-bond donors (Lipinski definition) is 0. The van der Waals surface area contributed by atoms with Crippen LogP contribution in [0.3, 0.4) is 0 Å². The molecule has 0 heterocycles. The van der Waals surface area contributed by atoms with Gasteiger partial charge in [0.2, 0.25) is 0 Å². The first-order chi connectivity index (χ1) is 19.7. The smallest absolute Gasteiger partial charge is 0.406 e. The van der Waals surface area contributed by atoms with Gasteiger partial charge in [-0.3, -0.25) is 0 Å². The van der Waals surface area contributed by atoms with E-state index >= 15 is 0 Å². The van der Waals surface area contributed by atoms with Crippen LogP contribution in [-0.4, -0.2) is 6.36 Å². The fraction of sp³-hybridized carbons (Fsp3) is 0.0323. The maximum atomic E-state index is 12.9. The Morgan fingerprint density at radius 2 is 1.15 bits per heavy atom. The van der Waals surface area contributed by atoms with E-state index in [2.05, 4.69) is 4.74 Å². The van der Waals surface area contributed by atoms with Gasteiger partial charge in [-0.1, -0.05) is 18.2 Å². The van der Waals surface area contributed by atoms with Crippen LogP contribution in [0.4, 0.5) is 13.2 Å². The van der Waals surface area contributed by atoms with Crippen LogP contribution < -0.4 is 4.74 Å². The summed E-state index contributed by atoms with van der Waals surface area (Å²) in [7, 11) is 0. The predicted molar refractivity (Wildman–Crippen MR) is 138 cm³/mol. The molecule has 0 saturated heterocycles. The molecule has 0 amide bonds. The minimum atomic E-state index is -5.00. The van der Waals surface area contributed by atoms with Crippen molar-refractivity contribution in [3.8, 4) is 53.3 Å². The molecule has 10 heteroatoms. The molecule has 0 aliphatic heterocycles. The Hall–Kier alpha value is -6.59. The molecule has 0 fully saturated rings. The number of halogens is 3. The first kappa shape index (κ1) is 26.0. The van der Waals surface area contributed by atoms with Crippen molar-refractivity contribution in [2.24, 2.45) is 0 Å². The zero-order valence-electron chi connectivity index (χ0n) is 20.4. The number of allylic oxidation sites excluding steroid dienone is 5. The van der Waals surface area contributed by atoms with E-state index in [1.54, 1.807) is 48.5 Å². The van der Waals surface area contributed by atoms with Gasteiger partial charge in [-0.25, -0.2) is 0 Å². The van der Waals surface area contributed by atoms with Gasteiger partial charge in [0.25, 0.3) is 0 Å². The average molecular weight is 538 g/mol. The lowest BCUT2D eigenvalue weighted by Crippen LogP contribution is -2.17. The lowest BCUT2D eigenvalue weighted by atomic mass is 9.90. The van der Waals surface area contributed by atoms with E-state index in [9.17, 15) is 44.7 Å².